The van der Waals surface area contributed by atoms with E-state index in [0.717, 1.165) is 48.2 Å². The van der Waals surface area contributed by atoms with Crippen molar-refractivity contribution in [3.05, 3.63) is 34.8 Å². The van der Waals surface area contributed by atoms with Gasteiger partial charge in [-0.15, -0.1) is 0 Å². The third-order valence-corrected chi connectivity index (χ3v) is 3.88. The number of hydrogen-bond donors (Lipinski definition) is 0. The fourth-order valence-corrected chi connectivity index (χ4v) is 2.64. The van der Waals surface area contributed by atoms with E-state index in [2.05, 4.69) is 31.9 Å². The van der Waals surface area contributed by atoms with Crippen molar-refractivity contribution >= 4 is 26.8 Å². The van der Waals surface area contributed by atoms with Crippen LogP contribution in [0.2, 0.25) is 0 Å². The second-order valence-electron chi connectivity index (χ2n) is 4.79. The summed E-state index contributed by atoms with van der Waals surface area (Å²) in [6, 6.07) is 10.0. The number of rotatable bonds is 4. The van der Waals surface area contributed by atoms with Crippen molar-refractivity contribution in [2.24, 2.45) is 0 Å². The summed E-state index contributed by atoms with van der Waals surface area (Å²) in [6.07, 6.45) is 0. The van der Waals surface area contributed by atoms with Gasteiger partial charge in [0.25, 0.3) is 0 Å². The lowest BCUT2D eigenvalue weighted by Gasteiger charge is -2.26. The number of nitrogens with zero attached hydrogens (tertiary/aromatic N) is 2. The van der Waals surface area contributed by atoms with E-state index >= 15 is 0 Å². The second-order valence-corrected chi connectivity index (χ2v) is 5.70. The summed E-state index contributed by atoms with van der Waals surface area (Å²) in [5.74, 6) is 0.688. The van der Waals surface area contributed by atoms with Crippen molar-refractivity contribution < 1.29 is 9.47 Å². The van der Waals surface area contributed by atoms with E-state index in [1.165, 1.54) is 0 Å². The molecular weight excluding hydrogens is 320 g/mol. The Bertz CT molecular complexity index is 585. The van der Waals surface area contributed by atoms with Gasteiger partial charge in [-0.25, -0.2) is 4.98 Å². The molecular formula is C15H17BrN2O2. The summed E-state index contributed by atoms with van der Waals surface area (Å²) in [5.41, 5.74) is 0.956. The molecule has 0 spiro atoms. The Morgan fingerprint density at radius 3 is 2.90 bits per heavy atom. The standard InChI is InChI=1S/C15H17BrN2O2/c16-13-2-3-14-12(11-13)1-4-15(17-14)20-10-7-18-5-8-19-9-6-18/h1-4,11H,5-10H2. The molecule has 0 saturated carbocycles. The normalized spacial score (nSPS) is 16.4. The lowest BCUT2D eigenvalue weighted by Crippen LogP contribution is -2.38. The fraction of sp³-hybridized carbons (Fsp3) is 0.400. The summed E-state index contributed by atoms with van der Waals surface area (Å²) >= 11 is 3.46. The second kappa shape index (κ2) is 6.52. The average Bonchev–Trinajstić information content (AvgIpc) is 2.48. The van der Waals surface area contributed by atoms with E-state index in [9.17, 15) is 0 Å². The maximum absolute atomic E-state index is 5.74. The van der Waals surface area contributed by atoms with Crippen molar-refractivity contribution in [3.8, 4) is 5.88 Å². The van der Waals surface area contributed by atoms with Gasteiger partial charge in [0.2, 0.25) is 5.88 Å². The first-order valence-electron chi connectivity index (χ1n) is 6.80. The van der Waals surface area contributed by atoms with Gasteiger partial charge in [-0.05, 0) is 24.3 Å². The van der Waals surface area contributed by atoms with Gasteiger partial charge in [0.05, 0.1) is 18.7 Å². The quantitative estimate of drug-likeness (QED) is 0.859. The van der Waals surface area contributed by atoms with Crippen LogP contribution < -0.4 is 4.74 Å². The number of halogens is 1. The Labute approximate surface area is 126 Å². The third-order valence-electron chi connectivity index (χ3n) is 3.39. The van der Waals surface area contributed by atoms with Gasteiger partial charge in [-0.1, -0.05) is 15.9 Å². The van der Waals surface area contributed by atoms with Gasteiger partial charge in [-0.2, -0.15) is 0 Å². The number of morpholine rings is 1. The van der Waals surface area contributed by atoms with Gasteiger partial charge >= 0.3 is 0 Å². The zero-order valence-electron chi connectivity index (χ0n) is 11.2. The molecule has 2 heterocycles. The minimum Gasteiger partial charge on any atom is -0.476 e. The Morgan fingerprint density at radius 2 is 2.05 bits per heavy atom. The minimum atomic E-state index is 0.662. The molecule has 3 rings (SSSR count). The number of aromatic nitrogens is 1. The molecule has 4 nitrogen and oxygen atoms in total. The van der Waals surface area contributed by atoms with E-state index < -0.39 is 0 Å². The highest BCUT2D eigenvalue weighted by atomic mass is 79.9. The predicted octanol–water partition coefficient (Wildman–Crippen LogP) is 2.71. The van der Waals surface area contributed by atoms with Crippen LogP contribution in [0.3, 0.4) is 0 Å². The van der Waals surface area contributed by atoms with Crippen molar-refractivity contribution in [1.29, 1.82) is 0 Å². The molecule has 0 bridgehead atoms. The Morgan fingerprint density at radius 1 is 1.20 bits per heavy atom. The maximum atomic E-state index is 5.74. The van der Waals surface area contributed by atoms with E-state index in [4.69, 9.17) is 9.47 Å². The molecule has 106 valence electrons. The minimum absolute atomic E-state index is 0.662. The summed E-state index contributed by atoms with van der Waals surface area (Å²) < 4.78 is 12.1. The van der Waals surface area contributed by atoms with Crippen LogP contribution in [0.15, 0.2) is 34.8 Å². The van der Waals surface area contributed by atoms with Gasteiger partial charge in [-0.3, -0.25) is 4.90 Å². The van der Waals surface area contributed by atoms with Gasteiger partial charge in [0.15, 0.2) is 0 Å². The monoisotopic (exact) mass is 336 g/mol. The molecule has 1 fully saturated rings. The van der Waals surface area contributed by atoms with Gasteiger partial charge in [0, 0.05) is 35.6 Å². The van der Waals surface area contributed by atoms with Crippen molar-refractivity contribution in [1.82, 2.24) is 9.88 Å². The van der Waals surface area contributed by atoms with Crippen molar-refractivity contribution in [3.63, 3.8) is 0 Å². The summed E-state index contributed by atoms with van der Waals surface area (Å²) in [4.78, 5) is 6.86. The zero-order valence-corrected chi connectivity index (χ0v) is 12.8. The highest BCUT2D eigenvalue weighted by Gasteiger charge is 2.10. The summed E-state index contributed by atoms with van der Waals surface area (Å²) in [7, 11) is 0. The van der Waals surface area contributed by atoms with E-state index in [0.29, 0.717) is 12.5 Å². The van der Waals surface area contributed by atoms with Gasteiger partial charge in [0.1, 0.15) is 6.61 Å². The van der Waals surface area contributed by atoms with Crippen LogP contribution in [0.25, 0.3) is 10.9 Å². The highest BCUT2D eigenvalue weighted by molar-refractivity contribution is 9.10. The van der Waals surface area contributed by atoms with Crippen molar-refractivity contribution in [2.45, 2.75) is 0 Å². The molecule has 2 aromatic rings. The number of fused-ring (bicyclic) bond motifs is 1. The molecule has 0 amide bonds. The number of hydrogen-bond acceptors (Lipinski definition) is 4. The molecule has 5 heteroatoms. The average molecular weight is 337 g/mol. The molecule has 1 aromatic heterocycles. The predicted molar refractivity (Wildman–Crippen MR) is 82.2 cm³/mol. The third kappa shape index (κ3) is 3.48. The summed E-state index contributed by atoms with van der Waals surface area (Å²) in [5, 5.41) is 1.11. The molecule has 0 unspecified atom stereocenters. The molecule has 0 aliphatic carbocycles. The largest absolute Gasteiger partial charge is 0.476 e. The van der Waals surface area contributed by atoms with Crippen LogP contribution in [0.4, 0.5) is 0 Å². The van der Waals surface area contributed by atoms with Gasteiger partial charge < -0.3 is 9.47 Å². The lowest BCUT2D eigenvalue weighted by atomic mass is 10.2. The molecule has 0 atom stereocenters. The number of benzene rings is 1. The fourth-order valence-electron chi connectivity index (χ4n) is 2.26. The van der Waals surface area contributed by atoms with E-state index in [1.54, 1.807) is 0 Å². The number of ether oxygens (including phenoxy) is 2. The van der Waals surface area contributed by atoms with E-state index in [1.807, 2.05) is 24.3 Å². The molecule has 1 aliphatic heterocycles. The zero-order chi connectivity index (χ0) is 13.8. The van der Waals surface area contributed by atoms with Crippen LogP contribution in [-0.2, 0) is 4.74 Å². The van der Waals surface area contributed by atoms with E-state index in [-0.39, 0.29) is 0 Å². The molecule has 0 N–H and O–H groups in total. The first-order chi connectivity index (χ1) is 9.81. The van der Waals surface area contributed by atoms with Crippen LogP contribution in [0.1, 0.15) is 0 Å². The van der Waals surface area contributed by atoms with Crippen molar-refractivity contribution in [2.75, 3.05) is 39.5 Å². The molecule has 0 radical (unpaired) electrons. The first-order valence-corrected chi connectivity index (χ1v) is 7.60. The highest BCUT2D eigenvalue weighted by Crippen LogP contribution is 2.20. The Balaban J connectivity index is 1.58. The first kappa shape index (κ1) is 13.8. The van der Waals surface area contributed by atoms with Crippen LogP contribution in [0.5, 0.6) is 5.88 Å². The van der Waals surface area contributed by atoms with Crippen LogP contribution in [0, 0.1) is 0 Å². The molecule has 1 saturated heterocycles. The molecule has 1 aromatic carbocycles. The topological polar surface area (TPSA) is 34.6 Å². The van der Waals surface area contributed by atoms with Crippen LogP contribution >= 0.6 is 15.9 Å². The number of pyridine rings is 1. The Hall–Kier alpha value is -1.17. The lowest BCUT2D eigenvalue weighted by molar-refractivity contribution is 0.0320. The molecule has 20 heavy (non-hydrogen) atoms. The maximum Gasteiger partial charge on any atom is 0.213 e. The smallest absolute Gasteiger partial charge is 0.213 e. The SMILES string of the molecule is Brc1ccc2nc(OCCN3CCOCC3)ccc2c1. The molecule has 1 aliphatic rings. The Kier molecular flexibility index (Phi) is 4.50. The van der Waals surface area contributed by atoms with Crippen LogP contribution in [-0.4, -0.2) is 49.3 Å². The summed E-state index contributed by atoms with van der Waals surface area (Å²) in [6.45, 7) is 5.20.